The number of benzene rings is 1. The van der Waals surface area contributed by atoms with Crippen molar-refractivity contribution in [2.45, 2.75) is 19.5 Å². The molecule has 0 amide bonds. The average Bonchev–Trinajstić information content (AvgIpc) is 3.10. The van der Waals surface area contributed by atoms with E-state index in [0.717, 1.165) is 43.7 Å². The highest BCUT2D eigenvalue weighted by molar-refractivity contribution is 9.10. The number of hydrogen-bond donors (Lipinski definition) is 0. The smallest absolute Gasteiger partial charge is 0.107 e. The largest absolute Gasteiger partial charge is 0.298 e. The first-order valence-corrected chi connectivity index (χ1v) is 11.0. The summed E-state index contributed by atoms with van der Waals surface area (Å²) in [6, 6.07) is 10.7. The summed E-state index contributed by atoms with van der Waals surface area (Å²) in [7, 11) is 0. The predicted octanol–water partition coefficient (Wildman–Crippen LogP) is 4.68. The molecule has 4 rings (SSSR count). The van der Waals surface area contributed by atoms with Crippen LogP contribution in [0.15, 0.2) is 58.8 Å². The topological polar surface area (TPSA) is 32.3 Å². The Morgan fingerprint density at radius 2 is 1.70 bits per heavy atom. The second kappa shape index (κ2) is 9.06. The summed E-state index contributed by atoms with van der Waals surface area (Å²) in [5.41, 5.74) is 3.82. The van der Waals surface area contributed by atoms with Gasteiger partial charge in [0.1, 0.15) is 5.01 Å². The first kappa shape index (κ1) is 18.7. The quantitative estimate of drug-likeness (QED) is 0.574. The van der Waals surface area contributed by atoms with Crippen molar-refractivity contribution in [2.24, 2.45) is 0 Å². The fourth-order valence-electron chi connectivity index (χ4n) is 3.57. The minimum atomic E-state index is 0.949. The second-order valence-corrected chi connectivity index (χ2v) is 8.77. The molecule has 27 heavy (non-hydrogen) atoms. The molecular weight excluding hydrogens is 420 g/mol. The van der Waals surface area contributed by atoms with Crippen LogP contribution in [0.3, 0.4) is 0 Å². The Bertz CT molecular complexity index is 851. The third-order valence-corrected chi connectivity index (χ3v) is 6.27. The summed E-state index contributed by atoms with van der Waals surface area (Å²) in [5.74, 6) is 0. The van der Waals surface area contributed by atoms with Crippen molar-refractivity contribution in [3.63, 3.8) is 0 Å². The fourth-order valence-corrected chi connectivity index (χ4v) is 4.49. The van der Waals surface area contributed by atoms with Crippen LogP contribution < -0.4 is 0 Å². The van der Waals surface area contributed by atoms with E-state index in [1.54, 1.807) is 11.3 Å². The molecular formula is C21H23BrN4S. The maximum absolute atomic E-state index is 4.43. The van der Waals surface area contributed by atoms with Gasteiger partial charge in [0, 0.05) is 48.1 Å². The highest BCUT2D eigenvalue weighted by atomic mass is 79.9. The number of hydrogen-bond acceptors (Lipinski definition) is 5. The summed E-state index contributed by atoms with van der Waals surface area (Å²) >= 11 is 5.27. The van der Waals surface area contributed by atoms with Crippen LogP contribution in [-0.4, -0.2) is 45.9 Å². The SMILES string of the molecule is Brc1ccc(-c2ccncc2CN2CCCN(Cc3nccs3)CC2)cc1. The van der Waals surface area contributed by atoms with E-state index in [1.165, 1.54) is 28.1 Å². The molecule has 0 atom stereocenters. The number of rotatable bonds is 5. The maximum atomic E-state index is 4.43. The molecule has 1 aromatic carbocycles. The van der Waals surface area contributed by atoms with Crippen LogP contribution in [0.4, 0.5) is 0 Å². The molecule has 0 N–H and O–H groups in total. The van der Waals surface area contributed by atoms with Gasteiger partial charge >= 0.3 is 0 Å². The fraction of sp³-hybridized carbons (Fsp3) is 0.333. The van der Waals surface area contributed by atoms with E-state index in [4.69, 9.17) is 0 Å². The van der Waals surface area contributed by atoms with Crippen molar-refractivity contribution < 1.29 is 0 Å². The molecule has 0 saturated carbocycles. The molecule has 3 aromatic rings. The van der Waals surface area contributed by atoms with Gasteiger partial charge in [-0.2, -0.15) is 0 Å². The van der Waals surface area contributed by atoms with Crippen molar-refractivity contribution in [3.8, 4) is 11.1 Å². The lowest BCUT2D eigenvalue weighted by atomic mass is 10.0. The summed E-state index contributed by atoms with van der Waals surface area (Å²) in [5, 5.41) is 3.28. The van der Waals surface area contributed by atoms with Crippen molar-refractivity contribution in [2.75, 3.05) is 26.2 Å². The van der Waals surface area contributed by atoms with Crippen LogP contribution >= 0.6 is 27.3 Å². The third kappa shape index (κ3) is 5.02. The van der Waals surface area contributed by atoms with Crippen LogP contribution in [-0.2, 0) is 13.1 Å². The van der Waals surface area contributed by atoms with Gasteiger partial charge in [-0.25, -0.2) is 4.98 Å². The molecule has 0 bridgehead atoms. The molecule has 3 heterocycles. The molecule has 1 aliphatic rings. The predicted molar refractivity (Wildman–Crippen MR) is 115 cm³/mol. The molecule has 4 nitrogen and oxygen atoms in total. The van der Waals surface area contributed by atoms with Gasteiger partial charge in [0.2, 0.25) is 0 Å². The monoisotopic (exact) mass is 442 g/mol. The van der Waals surface area contributed by atoms with Crippen molar-refractivity contribution >= 4 is 27.3 Å². The summed E-state index contributed by atoms with van der Waals surface area (Å²) in [6.45, 7) is 6.37. The van der Waals surface area contributed by atoms with E-state index in [2.05, 4.69) is 71.4 Å². The lowest BCUT2D eigenvalue weighted by Gasteiger charge is -2.22. The van der Waals surface area contributed by atoms with Gasteiger partial charge < -0.3 is 0 Å². The van der Waals surface area contributed by atoms with E-state index in [0.29, 0.717) is 0 Å². The van der Waals surface area contributed by atoms with Crippen molar-refractivity contribution in [1.82, 2.24) is 19.8 Å². The average molecular weight is 443 g/mol. The Morgan fingerprint density at radius 1 is 0.926 bits per heavy atom. The number of pyridine rings is 1. The molecule has 1 fully saturated rings. The molecule has 0 unspecified atom stereocenters. The zero-order valence-electron chi connectivity index (χ0n) is 15.2. The Kier molecular flexibility index (Phi) is 6.29. The Hall–Kier alpha value is -1.60. The number of nitrogens with zero attached hydrogens (tertiary/aromatic N) is 4. The van der Waals surface area contributed by atoms with Gasteiger partial charge in [-0.05, 0) is 54.4 Å². The Labute approximate surface area is 173 Å². The molecule has 0 spiro atoms. The van der Waals surface area contributed by atoms with Gasteiger partial charge in [0.05, 0.1) is 6.54 Å². The van der Waals surface area contributed by atoms with Crippen molar-refractivity contribution in [3.05, 3.63) is 69.3 Å². The highest BCUT2D eigenvalue weighted by Crippen LogP contribution is 2.26. The summed E-state index contributed by atoms with van der Waals surface area (Å²) in [4.78, 5) is 13.9. The minimum Gasteiger partial charge on any atom is -0.298 e. The number of thiazole rings is 1. The van der Waals surface area contributed by atoms with E-state index in [9.17, 15) is 0 Å². The molecule has 2 aromatic heterocycles. The van der Waals surface area contributed by atoms with E-state index >= 15 is 0 Å². The molecule has 140 valence electrons. The van der Waals surface area contributed by atoms with Gasteiger partial charge in [-0.1, -0.05) is 28.1 Å². The van der Waals surface area contributed by atoms with Gasteiger partial charge in [-0.3, -0.25) is 14.8 Å². The van der Waals surface area contributed by atoms with Crippen LogP contribution in [0.25, 0.3) is 11.1 Å². The Balaban J connectivity index is 1.43. The number of aromatic nitrogens is 2. The molecule has 0 radical (unpaired) electrons. The molecule has 1 aliphatic heterocycles. The maximum Gasteiger partial charge on any atom is 0.107 e. The first-order chi connectivity index (χ1) is 13.3. The lowest BCUT2D eigenvalue weighted by molar-refractivity contribution is 0.247. The first-order valence-electron chi connectivity index (χ1n) is 9.30. The van der Waals surface area contributed by atoms with E-state index < -0.39 is 0 Å². The van der Waals surface area contributed by atoms with Gasteiger partial charge in [0.25, 0.3) is 0 Å². The Morgan fingerprint density at radius 3 is 2.44 bits per heavy atom. The second-order valence-electron chi connectivity index (χ2n) is 6.87. The summed E-state index contributed by atoms with van der Waals surface area (Å²) in [6.07, 6.45) is 7.00. The van der Waals surface area contributed by atoms with Crippen LogP contribution in [0.5, 0.6) is 0 Å². The van der Waals surface area contributed by atoms with Crippen LogP contribution in [0.1, 0.15) is 17.0 Å². The summed E-state index contributed by atoms with van der Waals surface area (Å²) < 4.78 is 1.11. The van der Waals surface area contributed by atoms with Crippen molar-refractivity contribution in [1.29, 1.82) is 0 Å². The van der Waals surface area contributed by atoms with Gasteiger partial charge in [0.15, 0.2) is 0 Å². The van der Waals surface area contributed by atoms with Gasteiger partial charge in [-0.15, -0.1) is 11.3 Å². The van der Waals surface area contributed by atoms with Crippen LogP contribution in [0.2, 0.25) is 0 Å². The van der Waals surface area contributed by atoms with E-state index in [1.807, 2.05) is 18.6 Å². The zero-order chi connectivity index (χ0) is 18.5. The minimum absolute atomic E-state index is 0.949. The van der Waals surface area contributed by atoms with E-state index in [-0.39, 0.29) is 0 Å². The third-order valence-electron chi connectivity index (χ3n) is 4.98. The lowest BCUT2D eigenvalue weighted by Crippen LogP contribution is -2.30. The molecule has 0 aliphatic carbocycles. The number of halogens is 1. The highest BCUT2D eigenvalue weighted by Gasteiger charge is 2.17. The normalized spacial score (nSPS) is 16.3. The van der Waals surface area contributed by atoms with Crippen LogP contribution in [0, 0.1) is 0 Å². The molecule has 6 heteroatoms. The zero-order valence-corrected chi connectivity index (χ0v) is 17.6. The molecule has 1 saturated heterocycles. The standard InChI is InChI=1S/C21H23BrN4S/c22-19-4-2-17(3-5-19)20-6-7-23-14-18(20)15-25-9-1-10-26(12-11-25)16-21-24-8-13-27-21/h2-8,13-14H,1,9-12,15-16H2.